The van der Waals surface area contributed by atoms with E-state index in [0.29, 0.717) is 5.15 Å². The minimum absolute atomic E-state index is 0.511. The first-order valence-corrected chi connectivity index (χ1v) is 5.12. The molecule has 0 bridgehead atoms. The Bertz CT molecular complexity index is 310. The number of rotatable bonds is 5. The zero-order valence-electron chi connectivity index (χ0n) is 8.65. The molecule has 3 N–H and O–H groups in total. The van der Waals surface area contributed by atoms with E-state index in [9.17, 15) is 0 Å². The van der Waals surface area contributed by atoms with Crippen molar-refractivity contribution in [3.63, 3.8) is 0 Å². The SMILES string of the molecule is CCN(Cc1ccc(Cl)nc1)N/C=C\N. The van der Waals surface area contributed by atoms with E-state index >= 15 is 0 Å². The second-order valence-electron chi connectivity index (χ2n) is 2.99. The Kier molecular flexibility index (Phi) is 4.93. The predicted molar refractivity (Wildman–Crippen MR) is 61.8 cm³/mol. The molecule has 15 heavy (non-hydrogen) atoms. The van der Waals surface area contributed by atoms with Gasteiger partial charge in [-0.3, -0.25) is 0 Å². The smallest absolute Gasteiger partial charge is 0.129 e. The normalized spacial score (nSPS) is 11.1. The molecule has 0 fully saturated rings. The summed E-state index contributed by atoms with van der Waals surface area (Å²) in [6, 6.07) is 3.73. The van der Waals surface area contributed by atoms with E-state index in [2.05, 4.69) is 17.3 Å². The third-order valence-corrected chi connectivity index (χ3v) is 2.12. The summed E-state index contributed by atoms with van der Waals surface area (Å²) in [5, 5.41) is 2.52. The second kappa shape index (κ2) is 6.27. The number of hydrogen-bond donors (Lipinski definition) is 2. The summed E-state index contributed by atoms with van der Waals surface area (Å²) in [4.78, 5) is 4.02. The predicted octanol–water partition coefficient (Wildman–Crippen LogP) is 1.49. The standard InChI is InChI=1S/C10H15ClN4/c1-2-15(14-6-5-12)8-9-3-4-10(11)13-7-9/h3-7,14H,2,8,12H2,1H3/b6-5-. The topological polar surface area (TPSA) is 54.2 Å². The van der Waals surface area contributed by atoms with Gasteiger partial charge in [-0.05, 0) is 11.6 Å². The van der Waals surface area contributed by atoms with Crippen molar-refractivity contribution in [3.8, 4) is 0 Å². The molecule has 0 aromatic carbocycles. The van der Waals surface area contributed by atoms with Gasteiger partial charge in [-0.2, -0.15) is 0 Å². The molecule has 4 nitrogen and oxygen atoms in total. The molecule has 82 valence electrons. The lowest BCUT2D eigenvalue weighted by Crippen LogP contribution is -2.33. The summed E-state index contributed by atoms with van der Waals surface area (Å²) in [5.41, 5.74) is 9.39. The third kappa shape index (κ3) is 4.18. The Balaban J connectivity index is 2.54. The minimum Gasteiger partial charge on any atom is -0.403 e. The highest BCUT2D eigenvalue weighted by Gasteiger charge is 2.01. The van der Waals surface area contributed by atoms with Crippen molar-refractivity contribution < 1.29 is 0 Å². The largest absolute Gasteiger partial charge is 0.403 e. The Labute approximate surface area is 94.7 Å². The van der Waals surface area contributed by atoms with Gasteiger partial charge in [-0.1, -0.05) is 24.6 Å². The molecule has 0 saturated carbocycles. The maximum Gasteiger partial charge on any atom is 0.129 e. The third-order valence-electron chi connectivity index (χ3n) is 1.90. The number of nitrogens with zero attached hydrogens (tertiary/aromatic N) is 2. The van der Waals surface area contributed by atoms with E-state index in [0.717, 1.165) is 18.7 Å². The molecule has 1 heterocycles. The number of aromatic nitrogens is 1. The molecule has 0 aliphatic heterocycles. The van der Waals surface area contributed by atoms with Gasteiger partial charge in [0.15, 0.2) is 0 Å². The van der Waals surface area contributed by atoms with Crippen LogP contribution in [0.4, 0.5) is 0 Å². The number of nitrogens with two attached hydrogens (primary N) is 1. The fraction of sp³-hybridized carbons (Fsp3) is 0.300. The first-order chi connectivity index (χ1) is 7.26. The quantitative estimate of drug-likeness (QED) is 0.590. The highest BCUT2D eigenvalue weighted by Crippen LogP contribution is 2.06. The maximum absolute atomic E-state index is 5.70. The molecule has 5 heteroatoms. The van der Waals surface area contributed by atoms with Gasteiger partial charge in [0.1, 0.15) is 5.15 Å². The Morgan fingerprint density at radius 3 is 2.93 bits per heavy atom. The highest BCUT2D eigenvalue weighted by atomic mass is 35.5. The molecule has 0 spiro atoms. The van der Waals surface area contributed by atoms with E-state index in [-0.39, 0.29) is 0 Å². The van der Waals surface area contributed by atoms with Crippen molar-refractivity contribution in [2.75, 3.05) is 6.54 Å². The van der Waals surface area contributed by atoms with Crippen LogP contribution in [0.3, 0.4) is 0 Å². The molecule has 0 aliphatic rings. The van der Waals surface area contributed by atoms with Gasteiger partial charge >= 0.3 is 0 Å². The summed E-state index contributed by atoms with van der Waals surface area (Å²) in [6.07, 6.45) is 4.91. The molecule has 0 unspecified atom stereocenters. The van der Waals surface area contributed by atoms with Crippen LogP contribution in [-0.4, -0.2) is 16.5 Å². The summed E-state index contributed by atoms with van der Waals surface area (Å²) < 4.78 is 0. The first kappa shape index (κ1) is 11.8. The van der Waals surface area contributed by atoms with E-state index < -0.39 is 0 Å². The fourth-order valence-corrected chi connectivity index (χ4v) is 1.23. The van der Waals surface area contributed by atoms with Crippen LogP contribution < -0.4 is 11.2 Å². The Hall–Kier alpha value is -1.26. The fourth-order valence-electron chi connectivity index (χ4n) is 1.12. The van der Waals surface area contributed by atoms with E-state index in [1.165, 1.54) is 6.20 Å². The van der Waals surface area contributed by atoms with Crippen molar-refractivity contribution in [1.29, 1.82) is 0 Å². The number of hydrogen-bond acceptors (Lipinski definition) is 4. The summed E-state index contributed by atoms with van der Waals surface area (Å²) >= 11 is 5.70. The van der Waals surface area contributed by atoms with Crippen molar-refractivity contribution in [1.82, 2.24) is 15.4 Å². The molecular formula is C10H15ClN4. The lowest BCUT2D eigenvalue weighted by molar-refractivity contribution is 0.224. The maximum atomic E-state index is 5.70. The highest BCUT2D eigenvalue weighted by molar-refractivity contribution is 6.29. The van der Waals surface area contributed by atoms with Crippen LogP contribution in [0.1, 0.15) is 12.5 Å². The molecule has 1 aromatic heterocycles. The average molecular weight is 227 g/mol. The molecule has 1 aromatic rings. The monoisotopic (exact) mass is 226 g/mol. The average Bonchev–Trinajstić information content (AvgIpc) is 2.27. The van der Waals surface area contributed by atoms with E-state index in [1.54, 1.807) is 18.5 Å². The van der Waals surface area contributed by atoms with Gasteiger partial charge in [0.25, 0.3) is 0 Å². The van der Waals surface area contributed by atoms with Crippen molar-refractivity contribution in [2.45, 2.75) is 13.5 Å². The van der Waals surface area contributed by atoms with Crippen molar-refractivity contribution >= 4 is 11.6 Å². The van der Waals surface area contributed by atoms with Crippen molar-refractivity contribution in [3.05, 3.63) is 41.4 Å². The Morgan fingerprint density at radius 2 is 2.40 bits per heavy atom. The lowest BCUT2D eigenvalue weighted by atomic mass is 10.3. The van der Waals surface area contributed by atoms with Crippen LogP contribution in [0.2, 0.25) is 5.15 Å². The van der Waals surface area contributed by atoms with Gasteiger partial charge in [0, 0.05) is 31.7 Å². The van der Waals surface area contributed by atoms with Crippen molar-refractivity contribution in [2.24, 2.45) is 5.73 Å². The summed E-state index contributed by atoms with van der Waals surface area (Å²) in [5.74, 6) is 0. The van der Waals surface area contributed by atoms with E-state index in [4.69, 9.17) is 17.3 Å². The molecule has 0 atom stereocenters. The van der Waals surface area contributed by atoms with Crippen LogP contribution in [0.15, 0.2) is 30.7 Å². The number of halogens is 1. The van der Waals surface area contributed by atoms with Gasteiger partial charge in [0.2, 0.25) is 0 Å². The number of pyridine rings is 1. The van der Waals surface area contributed by atoms with Gasteiger partial charge in [-0.25, -0.2) is 9.99 Å². The van der Waals surface area contributed by atoms with Crippen LogP contribution in [0.25, 0.3) is 0 Å². The minimum atomic E-state index is 0.511. The van der Waals surface area contributed by atoms with Crippen LogP contribution in [0, 0.1) is 0 Å². The number of hydrazine groups is 1. The summed E-state index contributed by atoms with van der Waals surface area (Å²) in [7, 11) is 0. The Morgan fingerprint density at radius 1 is 1.60 bits per heavy atom. The lowest BCUT2D eigenvalue weighted by Gasteiger charge is -2.19. The van der Waals surface area contributed by atoms with Gasteiger partial charge < -0.3 is 11.2 Å². The summed E-state index contributed by atoms with van der Waals surface area (Å²) in [6.45, 7) is 3.68. The van der Waals surface area contributed by atoms with Gasteiger partial charge in [0.05, 0.1) is 0 Å². The molecule has 0 radical (unpaired) electrons. The first-order valence-electron chi connectivity index (χ1n) is 4.74. The zero-order chi connectivity index (χ0) is 11.1. The molecule has 1 rings (SSSR count). The van der Waals surface area contributed by atoms with Crippen LogP contribution in [0.5, 0.6) is 0 Å². The molecule has 0 saturated heterocycles. The molecular weight excluding hydrogens is 212 g/mol. The molecule has 0 amide bonds. The van der Waals surface area contributed by atoms with Crippen LogP contribution in [-0.2, 0) is 6.54 Å². The van der Waals surface area contributed by atoms with Gasteiger partial charge in [-0.15, -0.1) is 0 Å². The van der Waals surface area contributed by atoms with E-state index in [1.807, 2.05) is 11.1 Å². The zero-order valence-corrected chi connectivity index (χ0v) is 9.41. The second-order valence-corrected chi connectivity index (χ2v) is 3.38. The van der Waals surface area contributed by atoms with Crippen LogP contribution >= 0.6 is 11.6 Å². The number of nitrogens with one attached hydrogen (secondary N) is 1. The molecule has 0 aliphatic carbocycles.